The minimum Gasteiger partial charge on any atom is -0.298 e. The van der Waals surface area contributed by atoms with Crippen molar-refractivity contribution in [3.63, 3.8) is 0 Å². The van der Waals surface area contributed by atoms with E-state index in [9.17, 15) is 4.79 Å². The quantitative estimate of drug-likeness (QED) is 0.379. The second kappa shape index (κ2) is 7.05. The Kier molecular flexibility index (Phi) is 4.56. The van der Waals surface area contributed by atoms with Gasteiger partial charge in [-0.3, -0.25) is 9.78 Å². The summed E-state index contributed by atoms with van der Waals surface area (Å²) in [6, 6.07) is 24.7. The number of rotatable bonds is 3. The molecule has 0 N–H and O–H groups in total. The molecule has 0 amide bonds. The predicted octanol–water partition coefficient (Wildman–Crippen LogP) is 6.68. The van der Waals surface area contributed by atoms with Gasteiger partial charge in [0.1, 0.15) is 0 Å². The zero-order valence-electron chi connectivity index (χ0n) is 16.4. The summed E-state index contributed by atoms with van der Waals surface area (Å²) in [5.41, 5.74) is 6.22. The van der Waals surface area contributed by atoms with E-state index in [-0.39, 0.29) is 5.41 Å². The summed E-state index contributed by atoms with van der Waals surface area (Å²) in [6.45, 7) is 6.66. The van der Waals surface area contributed by atoms with Crippen LogP contribution in [0.15, 0.2) is 79.0 Å². The summed E-state index contributed by atoms with van der Waals surface area (Å²) in [5, 5.41) is 2.22. The molecule has 138 valence electrons. The minimum atomic E-state index is 0.131. The predicted molar refractivity (Wildman–Crippen MR) is 117 cm³/mol. The number of carbonyl (C=O) groups excluding carboxylic acids is 1. The summed E-state index contributed by atoms with van der Waals surface area (Å²) in [7, 11) is 0. The number of benzene rings is 3. The fraction of sp³-hybridized carbons (Fsp3) is 0.154. The van der Waals surface area contributed by atoms with E-state index in [1.54, 1.807) is 0 Å². The van der Waals surface area contributed by atoms with Crippen LogP contribution >= 0.6 is 0 Å². The molecule has 4 rings (SSSR count). The van der Waals surface area contributed by atoms with E-state index in [2.05, 4.69) is 68.2 Å². The average Bonchev–Trinajstić information content (AvgIpc) is 2.72. The summed E-state index contributed by atoms with van der Waals surface area (Å²) < 4.78 is 0. The first-order chi connectivity index (χ1) is 13.5. The third-order valence-corrected chi connectivity index (χ3v) is 5.19. The minimum absolute atomic E-state index is 0.131. The summed E-state index contributed by atoms with van der Waals surface area (Å²) in [4.78, 5) is 16.0. The third-order valence-electron chi connectivity index (χ3n) is 5.19. The molecule has 3 aromatic carbocycles. The molecule has 0 radical (unpaired) electrons. The molecular weight excluding hydrogens is 342 g/mol. The van der Waals surface area contributed by atoms with Crippen LogP contribution in [0.4, 0.5) is 0 Å². The Morgan fingerprint density at radius 2 is 1.54 bits per heavy atom. The van der Waals surface area contributed by atoms with Crippen molar-refractivity contribution in [1.29, 1.82) is 0 Å². The van der Waals surface area contributed by atoms with E-state index >= 15 is 0 Å². The van der Waals surface area contributed by atoms with Gasteiger partial charge in [-0.2, -0.15) is 0 Å². The van der Waals surface area contributed by atoms with E-state index in [0.29, 0.717) is 5.56 Å². The topological polar surface area (TPSA) is 30.0 Å². The highest BCUT2D eigenvalue weighted by atomic mass is 16.1. The Morgan fingerprint density at radius 3 is 2.25 bits per heavy atom. The molecule has 0 spiro atoms. The van der Waals surface area contributed by atoms with Gasteiger partial charge in [-0.1, -0.05) is 81.4 Å². The number of aromatic nitrogens is 1. The van der Waals surface area contributed by atoms with Gasteiger partial charge in [0.15, 0.2) is 6.29 Å². The molecule has 0 aliphatic carbocycles. The number of pyridine rings is 1. The first-order valence-electron chi connectivity index (χ1n) is 9.51. The van der Waals surface area contributed by atoms with Crippen LogP contribution in [0.2, 0.25) is 0 Å². The second-order valence-corrected chi connectivity index (χ2v) is 8.13. The van der Waals surface area contributed by atoms with Crippen LogP contribution in [0.1, 0.15) is 36.7 Å². The number of hydrogen-bond donors (Lipinski definition) is 0. The number of fused-ring (bicyclic) bond motifs is 1. The Bertz CT molecular complexity index is 1150. The van der Waals surface area contributed by atoms with Crippen LogP contribution < -0.4 is 0 Å². The largest absolute Gasteiger partial charge is 0.298 e. The highest BCUT2D eigenvalue weighted by Crippen LogP contribution is 2.32. The lowest BCUT2D eigenvalue weighted by Crippen LogP contribution is -2.10. The highest BCUT2D eigenvalue weighted by Gasteiger charge is 2.14. The van der Waals surface area contributed by atoms with Crippen molar-refractivity contribution < 1.29 is 4.79 Å². The molecule has 0 saturated carbocycles. The van der Waals surface area contributed by atoms with E-state index < -0.39 is 0 Å². The van der Waals surface area contributed by atoms with Crippen molar-refractivity contribution in [3.8, 4) is 22.4 Å². The fourth-order valence-corrected chi connectivity index (χ4v) is 3.57. The van der Waals surface area contributed by atoms with Crippen LogP contribution in [0.25, 0.3) is 33.2 Å². The number of hydrogen-bond acceptors (Lipinski definition) is 2. The molecule has 2 nitrogen and oxygen atoms in total. The van der Waals surface area contributed by atoms with Crippen molar-refractivity contribution in [1.82, 2.24) is 4.98 Å². The zero-order chi connectivity index (χ0) is 19.7. The molecule has 1 heterocycles. The summed E-state index contributed by atoms with van der Waals surface area (Å²) in [5.74, 6) is 0. The van der Waals surface area contributed by atoms with Gasteiger partial charge in [-0.05, 0) is 39.6 Å². The lowest BCUT2D eigenvalue weighted by atomic mass is 9.86. The van der Waals surface area contributed by atoms with Crippen molar-refractivity contribution in [3.05, 3.63) is 90.1 Å². The number of carbonyl (C=O) groups is 1. The van der Waals surface area contributed by atoms with E-state index in [1.165, 1.54) is 5.56 Å². The number of nitrogens with zero attached hydrogens (tertiary/aromatic N) is 1. The molecule has 0 unspecified atom stereocenters. The number of aldehydes is 1. The molecule has 0 aliphatic rings. The maximum Gasteiger partial charge on any atom is 0.150 e. The Labute approximate surface area is 165 Å². The van der Waals surface area contributed by atoms with Crippen LogP contribution in [0, 0.1) is 0 Å². The first kappa shape index (κ1) is 18.1. The molecular formula is C26H23NO. The normalized spacial score (nSPS) is 11.5. The smallest absolute Gasteiger partial charge is 0.150 e. The van der Waals surface area contributed by atoms with Crippen molar-refractivity contribution >= 4 is 17.1 Å². The molecule has 0 saturated heterocycles. The Morgan fingerprint density at radius 1 is 0.821 bits per heavy atom. The van der Waals surface area contributed by atoms with Crippen LogP contribution in [0.3, 0.4) is 0 Å². The van der Waals surface area contributed by atoms with Crippen LogP contribution in [0.5, 0.6) is 0 Å². The highest BCUT2D eigenvalue weighted by molar-refractivity contribution is 5.98. The molecule has 28 heavy (non-hydrogen) atoms. The zero-order valence-corrected chi connectivity index (χ0v) is 16.4. The molecule has 0 aliphatic heterocycles. The average molecular weight is 365 g/mol. The van der Waals surface area contributed by atoms with Gasteiger partial charge < -0.3 is 0 Å². The van der Waals surface area contributed by atoms with E-state index in [1.807, 2.05) is 36.5 Å². The molecule has 0 fully saturated rings. The van der Waals surface area contributed by atoms with E-state index in [0.717, 1.165) is 39.4 Å². The monoisotopic (exact) mass is 365 g/mol. The maximum atomic E-state index is 11.4. The summed E-state index contributed by atoms with van der Waals surface area (Å²) in [6.07, 6.45) is 2.76. The lowest BCUT2D eigenvalue weighted by Gasteiger charge is -2.19. The van der Waals surface area contributed by atoms with Gasteiger partial charge in [-0.15, -0.1) is 0 Å². The molecule has 0 bridgehead atoms. The SMILES string of the molecule is CC(C)(C)c1ccc(-c2nccc3cc(-c4ccccc4C=O)ccc23)cc1. The molecule has 2 heteroatoms. The Hall–Kier alpha value is -3.26. The lowest BCUT2D eigenvalue weighted by molar-refractivity contribution is 0.112. The van der Waals surface area contributed by atoms with Gasteiger partial charge in [0.2, 0.25) is 0 Å². The Balaban J connectivity index is 1.81. The fourth-order valence-electron chi connectivity index (χ4n) is 3.57. The van der Waals surface area contributed by atoms with Gasteiger partial charge in [-0.25, -0.2) is 0 Å². The molecule has 0 atom stereocenters. The van der Waals surface area contributed by atoms with Gasteiger partial charge >= 0.3 is 0 Å². The second-order valence-electron chi connectivity index (χ2n) is 8.13. The summed E-state index contributed by atoms with van der Waals surface area (Å²) >= 11 is 0. The maximum absolute atomic E-state index is 11.4. The first-order valence-corrected chi connectivity index (χ1v) is 9.51. The van der Waals surface area contributed by atoms with Gasteiger partial charge in [0, 0.05) is 22.7 Å². The van der Waals surface area contributed by atoms with Gasteiger partial charge in [0.25, 0.3) is 0 Å². The standard InChI is InChI=1S/C26H23NO/c1-26(2,3)22-11-8-18(9-12-22)25-24-13-10-19(16-20(24)14-15-27-25)23-7-5-4-6-21(23)17-28/h4-17H,1-3H3. The third kappa shape index (κ3) is 3.34. The van der Waals surface area contributed by atoms with Crippen molar-refractivity contribution in [2.24, 2.45) is 0 Å². The van der Waals surface area contributed by atoms with Crippen molar-refractivity contribution in [2.75, 3.05) is 0 Å². The molecule has 1 aromatic heterocycles. The van der Waals surface area contributed by atoms with Crippen LogP contribution in [-0.2, 0) is 5.41 Å². The van der Waals surface area contributed by atoms with Crippen molar-refractivity contribution in [2.45, 2.75) is 26.2 Å². The van der Waals surface area contributed by atoms with Crippen LogP contribution in [-0.4, -0.2) is 11.3 Å². The molecule has 4 aromatic rings. The van der Waals surface area contributed by atoms with E-state index in [4.69, 9.17) is 0 Å². The van der Waals surface area contributed by atoms with Gasteiger partial charge in [0.05, 0.1) is 5.69 Å².